The van der Waals surface area contributed by atoms with Gasteiger partial charge in [0.25, 0.3) is 5.91 Å². The Bertz CT molecular complexity index is 969. The van der Waals surface area contributed by atoms with Gasteiger partial charge in [-0.05, 0) is 30.2 Å². The van der Waals surface area contributed by atoms with Crippen LogP contribution in [0.1, 0.15) is 33.3 Å². The lowest BCUT2D eigenvalue weighted by Gasteiger charge is -2.25. The predicted octanol–water partition coefficient (Wildman–Crippen LogP) is 3.50. The smallest absolute Gasteiger partial charge is 0.254 e. The van der Waals surface area contributed by atoms with Crippen molar-refractivity contribution in [3.8, 4) is 5.75 Å². The van der Waals surface area contributed by atoms with Crippen LogP contribution >= 0.6 is 0 Å². The summed E-state index contributed by atoms with van der Waals surface area (Å²) in [6.07, 6.45) is 2.14. The second-order valence-corrected chi connectivity index (χ2v) is 6.61. The van der Waals surface area contributed by atoms with Crippen LogP contribution in [-0.2, 0) is 25.8 Å². The number of hydrogen-bond acceptors (Lipinski definition) is 4. The number of carbonyl (C=O) groups is 1. The summed E-state index contributed by atoms with van der Waals surface area (Å²) in [6.45, 7) is 0.846. The van der Waals surface area contributed by atoms with Crippen LogP contribution in [0.3, 0.4) is 0 Å². The minimum Gasteiger partial charge on any atom is -0.505 e. The summed E-state index contributed by atoms with van der Waals surface area (Å²) in [5, 5.41) is 9.49. The van der Waals surface area contributed by atoms with Crippen molar-refractivity contribution in [3.63, 3.8) is 0 Å². The van der Waals surface area contributed by atoms with Gasteiger partial charge in [-0.1, -0.05) is 30.3 Å². The summed E-state index contributed by atoms with van der Waals surface area (Å²) in [4.78, 5) is 18.8. The summed E-state index contributed by atoms with van der Waals surface area (Å²) in [6, 6.07) is 13.8. The quantitative estimate of drug-likeness (QED) is 0.767. The zero-order valence-corrected chi connectivity index (χ0v) is 14.7. The Morgan fingerprint density at radius 1 is 1.19 bits per heavy atom. The molecule has 4 rings (SSSR count). The predicted molar refractivity (Wildman–Crippen MR) is 96.9 cm³/mol. The summed E-state index contributed by atoms with van der Waals surface area (Å²) >= 11 is 0. The fraction of sp³-hybridized carbons (Fsp3) is 0.238. The Kier molecular flexibility index (Phi) is 4.62. The van der Waals surface area contributed by atoms with E-state index in [1.54, 1.807) is 4.90 Å². The molecular formula is C21H19FN2O3. The van der Waals surface area contributed by atoms with E-state index in [0.29, 0.717) is 31.8 Å². The molecule has 0 bridgehead atoms. The number of aromatic nitrogens is 1. The molecule has 1 aliphatic heterocycles. The number of aryl methyl sites for hydroxylation is 2. The van der Waals surface area contributed by atoms with E-state index in [1.165, 1.54) is 11.6 Å². The van der Waals surface area contributed by atoms with Gasteiger partial charge < -0.3 is 14.4 Å². The first-order valence-electron chi connectivity index (χ1n) is 8.89. The van der Waals surface area contributed by atoms with E-state index in [-0.39, 0.29) is 11.5 Å². The number of halogens is 1. The molecule has 0 saturated carbocycles. The van der Waals surface area contributed by atoms with Gasteiger partial charge >= 0.3 is 0 Å². The molecule has 27 heavy (non-hydrogen) atoms. The number of rotatable bonds is 4. The van der Waals surface area contributed by atoms with E-state index in [0.717, 1.165) is 30.0 Å². The van der Waals surface area contributed by atoms with Crippen molar-refractivity contribution >= 4 is 5.91 Å². The maximum absolute atomic E-state index is 13.2. The van der Waals surface area contributed by atoms with E-state index in [9.17, 15) is 14.3 Å². The first-order valence-corrected chi connectivity index (χ1v) is 8.89. The van der Waals surface area contributed by atoms with Gasteiger partial charge in [-0.2, -0.15) is 0 Å². The number of nitrogens with zero attached hydrogens (tertiary/aromatic N) is 2. The number of amides is 1. The van der Waals surface area contributed by atoms with Gasteiger partial charge in [-0.25, -0.2) is 9.37 Å². The third kappa shape index (κ3) is 3.69. The molecule has 1 N–H and O–H groups in total. The number of phenols is 1. The van der Waals surface area contributed by atoms with Crippen LogP contribution < -0.4 is 0 Å². The van der Waals surface area contributed by atoms with Crippen molar-refractivity contribution < 1.29 is 18.7 Å². The highest BCUT2D eigenvalue weighted by Gasteiger charge is 2.26. The molecule has 0 spiro atoms. The Morgan fingerprint density at radius 3 is 2.78 bits per heavy atom. The van der Waals surface area contributed by atoms with Gasteiger partial charge in [0, 0.05) is 24.9 Å². The molecule has 1 aliphatic rings. The first-order chi connectivity index (χ1) is 13.1. The van der Waals surface area contributed by atoms with Crippen LogP contribution in [-0.4, -0.2) is 27.4 Å². The molecule has 0 aliphatic carbocycles. The summed E-state index contributed by atoms with van der Waals surface area (Å²) in [5.41, 5.74) is 2.25. The number of hydrogen-bond donors (Lipinski definition) is 1. The molecule has 6 heteroatoms. The normalized spacial score (nSPS) is 13.4. The van der Waals surface area contributed by atoms with Crippen molar-refractivity contribution in [2.24, 2.45) is 0 Å². The molecule has 2 aromatic carbocycles. The van der Waals surface area contributed by atoms with Gasteiger partial charge in [-0.3, -0.25) is 4.79 Å². The second-order valence-electron chi connectivity index (χ2n) is 6.61. The van der Waals surface area contributed by atoms with E-state index in [4.69, 9.17) is 4.42 Å². The lowest BCUT2D eigenvalue weighted by Crippen LogP contribution is -2.35. The van der Waals surface area contributed by atoms with Crippen LogP contribution in [0.4, 0.5) is 4.39 Å². The number of phenolic OH excluding ortho intramolecular Hbond substituents is 1. The fourth-order valence-electron chi connectivity index (χ4n) is 3.26. The minimum absolute atomic E-state index is 0.255. The molecule has 1 amide bonds. The highest BCUT2D eigenvalue weighted by Crippen LogP contribution is 2.24. The molecule has 0 saturated heterocycles. The Hall–Kier alpha value is -3.15. The maximum atomic E-state index is 13.2. The van der Waals surface area contributed by atoms with Gasteiger partial charge in [0.2, 0.25) is 0 Å². The highest BCUT2D eigenvalue weighted by molar-refractivity contribution is 5.94. The molecule has 1 aromatic heterocycles. The zero-order valence-electron chi connectivity index (χ0n) is 14.7. The zero-order chi connectivity index (χ0) is 18.8. The van der Waals surface area contributed by atoms with E-state index in [2.05, 4.69) is 17.1 Å². The third-order valence-corrected chi connectivity index (χ3v) is 4.72. The SMILES string of the molecule is O=C(c1ccc(F)c(O)c1)N1CCc2oc(CCc3ccccc3)nc2C1. The van der Waals surface area contributed by atoms with E-state index >= 15 is 0 Å². The summed E-state index contributed by atoms with van der Waals surface area (Å²) in [7, 11) is 0. The molecule has 3 aromatic rings. The monoisotopic (exact) mass is 366 g/mol. The number of fused-ring (bicyclic) bond motifs is 1. The topological polar surface area (TPSA) is 66.6 Å². The summed E-state index contributed by atoms with van der Waals surface area (Å²) < 4.78 is 19.1. The number of carbonyl (C=O) groups excluding carboxylic acids is 1. The average Bonchev–Trinajstić information content (AvgIpc) is 3.11. The Labute approximate surface area is 156 Å². The maximum Gasteiger partial charge on any atom is 0.254 e. The van der Waals surface area contributed by atoms with Crippen molar-refractivity contribution in [3.05, 3.63) is 82.8 Å². The molecule has 2 heterocycles. The lowest BCUT2D eigenvalue weighted by molar-refractivity contribution is 0.0727. The largest absolute Gasteiger partial charge is 0.505 e. The number of aromatic hydroxyl groups is 1. The van der Waals surface area contributed by atoms with Crippen molar-refractivity contribution in [1.82, 2.24) is 9.88 Å². The molecule has 5 nitrogen and oxygen atoms in total. The summed E-state index contributed by atoms with van der Waals surface area (Å²) in [5.74, 6) is -0.0262. The first kappa shape index (κ1) is 17.3. The van der Waals surface area contributed by atoms with Crippen LogP contribution in [0.2, 0.25) is 0 Å². The number of benzene rings is 2. The van der Waals surface area contributed by atoms with Crippen LogP contribution in [0, 0.1) is 5.82 Å². The van der Waals surface area contributed by atoms with Crippen LogP contribution in [0.15, 0.2) is 52.9 Å². The van der Waals surface area contributed by atoms with E-state index < -0.39 is 11.6 Å². The molecule has 0 fully saturated rings. The molecule has 0 unspecified atom stereocenters. The van der Waals surface area contributed by atoms with Crippen LogP contribution in [0.25, 0.3) is 0 Å². The minimum atomic E-state index is -0.743. The third-order valence-electron chi connectivity index (χ3n) is 4.72. The van der Waals surface area contributed by atoms with Crippen molar-refractivity contribution in [1.29, 1.82) is 0 Å². The average molecular weight is 366 g/mol. The lowest BCUT2D eigenvalue weighted by atomic mass is 10.1. The fourth-order valence-corrected chi connectivity index (χ4v) is 3.26. The van der Waals surface area contributed by atoms with Gasteiger partial charge in [0.1, 0.15) is 11.5 Å². The molecule has 138 valence electrons. The van der Waals surface area contributed by atoms with Crippen molar-refractivity contribution in [2.45, 2.75) is 25.8 Å². The van der Waals surface area contributed by atoms with Gasteiger partial charge in [0.15, 0.2) is 17.5 Å². The highest BCUT2D eigenvalue weighted by atomic mass is 19.1. The Balaban J connectivity index is 1.44. The van der Waals surface area contributed by atoms with Gasteiger partial charge in [0.05, 0.1) is 6.54 Å². The Morgan fingerprint density at radius 2 is 2.00 bits per heavy atom. The number of oxazole rings is 1. The molecule has 0 radical (unpaired) electrons. The van der Waals surface area contributed by atoms with Crippen LogP contribution in [0.5, 0.6) is 5.75 Å². The second kappa shape index (κ2) is 7.23. The van der Waals surface area contributed by atoms with E-state index in [1.807, 2.05) is 18.2 Å². The van der Waals surface area contributed by atoms with Crippen molar-refractivity contribution in [2.75, 3.05) is 6.54 Å². The standard InChI is InChI=1S/C21H19FN2O3/c22-16-8-7-15(12-18(16)25)21(26)24-11-10-19-17(13-24)23-20(27-19)9-6-14-4-2-1-3-5-14/h1-5,7-8,12,25H,6,9-11,13H2. The molecular weight excluding hydrogens is 347 g/mol. The molecule has 0 atom stereocenters. The van der Waals surface area contributed by atoms with Gasteiger partial charge in [-0.15, -0.1) is 0 Å².